The Balaban J connectivity index is 1.95. The summed E-state index contributed by atoms with van der Waals surface area (Å²) in [7, 11) is 0. The lowest BCUT2D eigenvalue weighted by Crippen LogP contribution is -2.40. The quantitative estimate of drug-likeness (QED) is 0.640. The highest BCUT2D eigenvalue weighted by Gasteiger charge is 2.23. The van der Waals surface area contributed by atoms with E-state index in [4.69, 9.17) is 0 Å². The van der Waals surface area contributed by atoms with Crippen LogP contribution in [0.2, 0.25) is 0 Å². The van der Waals surface area contributed by atoms with Crippen LogP contribution in [0.25, 0.3) is 0 Å². The van der Waals surface area contributed by atoms with Crippen molar-refractivity contribution in [2.24, 2.45) is 0 Å². The van der Waals surface area contributed by atoms with E-state index in [-0.39, 0.29) is 24.9 Å². The summed E-state index contributed by atoms with van der Waals surface area (Å²) in [5.74, 6) is -5.02. The fraction of sp³-hybridized carbons (Fsp3) is 0.556. The normalized spacial score (nSPS) is 15.5. The summed E-state index contributed by atoms with van der Waals surface area (Å²) in [6.45, 7) is 1.69. The standard InChI is InChI=1S/C18H23F3N2O2/c1-12(24)23(13-6-4-2-3-5-7-13)11-10-16(25)22-15-9-8-14(19)17(20)18(15)21/h8-9,13H,2-7,10-11H2,1H3,(H,22,25). The fourth-order valence-electron chi connectivity index (χ4n) is 3.22. The SMILES string of the molecule is CC(=O)N(CCC(=O)Nc1ccc(F)c(F)c1F)C1CCCCCC1. The first kappa shape index (κ1) is 19.3. The van der Waals surface area contributed by atoms with Gasteiger partial charge in [-0.15, -0.1) is 0 Å². The number of carbonyl (C=O) groups excluding carboxylic acids is 2. The number of anilines is 1. The lowest BCUT2D eigenvalue weighted by molar-refractivity contribution is -0.131. The van der Waals surface area contributed by atoms with Crippen LogP contribution in [-0.2, 0) is 9.59 Å². The summed E-state index contributed by atoms with van der Waals surface area (Å²) in [4.78, 5) is 25.6. The van der Waals surface area contributed by atoms with Crippen LogP contribution in [0.4, 0.5) is 18.9 Å². The Morgan fingerprint density at radius 1 is 1.08 bits per heavy atom. The average molecular weight is 356 g/mol. The first-order chi connectivity index (χ1) is 11.9. The summed E-state index contributed by atoms with van der Waals surface area (Å²) in [5.41, 5.74) is -0.409. The van der Waals surface area contributed by atoms with Gasteiger partial charge in [0.25, 0.3) is 0 Å². The maximum absolute atomic E-state index is 13.6. The molecule has 0 bridgehead atoms. The minimum Gasteiger partial charge on any atom is -0.339 e. The van der Waals surface area contributed by atoms with Crippen LogP contribution >= 0.6 is 0 Å². The molecule has 2 amide bonds. The van der Waals surface area contributed by atoms with E-state index in [1.807, 2.05) is 0 Å². The molecule has 0 aromatic heterocycles. The fourth-order valence-corrected chi connectivity index (χ4v) is 3.22. The smallest absolute Gasteiger partial charge is 0.226 e. The maximum atomic E-state index is 13.6. The summed E-state index contributed by atoms with van der Waals surface area (Å²) in [6, 6.07) is 1.84. The molecular weight excluding hydrogens is 333 g/mol. The molecule has 0 atom stereocenters. The van der Waals surface area contributed by atoms with E-state index in [0.29, 0.717) is 0 Å². The molecular formula is C18H23F3N2O2. The van der Waals surface area contributed by atoms with Crippen molar-refractivity contribution in [2.45, 2.75) is 57.9 Å². The molecule has 138 valence electrons. The predicted molar refractivity (Wildman–Crippen MR) is 88.4 cm³/mol. The highest BCUT2D eigenvalue weighted by Crippen LogP contribution is 2.23. The van der Waals surface area contributed by atoms with Crippen molar-refractivity contribution >= 4 is 17.5 Å². The molecule has 0 unspecified atom stereocenters. The van der Waals surface area contributed by atoms with Crippen LogP contribution in [0.1, 0.15) is 51.9 Å². The number of hydrogen-bond acceptors (Lipinski definition) is 2. The van der Waals surface area contributed by atoms with Crippen LogP contribution in [0.5, 0.6) is 0 Å². The molecule has 0 radical (unpaired) electrons. The van der Waals surface area contributed by atoms with Crippen molar-refractivity contribution in [1.29, 1.82) is 0 Å². The van der Waals surface area contributed by atoms with Crippen LogP contribution in [0, 0.1) is 17.5 Å². The molecule has 1 N–H and O–H groups in total. The third-order valence-corrected chi connectivity index (χ3v) is 4.56. The number of amides is 2. The zero-order valence-electron chi connectivity index (χ0n) is 14.3. The molecule has 0 spiro atoms. The van der Waals surface area contributed by atoms with E-state index in [9.17, 15) is 22.8 Å². The van der Waals surface area contributed by atoms with E-state index < -0.39 is 29.0 Å². The first-order valence-electron chi connectivity index (χ1n) is 8.60. The largest absolute Gasteiger partial charge is 0.339 e. The van der Waals surface area contributed by atoms with Gasteiger partial charge < -0.3 is 10.2 Å². The summed E-state index contributed by atoms with van der Waals surface area (Å²) in [5, 5.41) is 2.23. The van der Waals surface area contributed by atoms with E-state index in [1.165, 1.54) is 6.92 Å². The van der Waals surface area contributed by atoms with Crippen molar-refractivity contribution in [2.75, 3.05) is 11.9 Å². The average Bonchev–Trinajstić information content (AvgIpc) is 2.84. The van der Waals surface area contributed by atoms with E-state index in [2.05, 4.69) is 5.32 Å². The van der Waals surface area contributed by atoms with Gasteiger partial charge >= 0.3 is 0 Å². The molecule has 1 aromatic carbocycles. The molecule has 1 fully saturated rings. The second kappa shape index (κ2) is 8.87. The topological polar surface area (TPSA) is 49.4 Å². The van der Waals surface area contributed by atoms with Gasteiger partial charge in [-0.2, -0.15) is 0 Å². The molecule has 0 heterocycles. The van der Waals surface area contributed by atoms with Gasteiger partial charge in [-0.25, -0.2) is 13.2 Å². The molecule has 25 heavy (non-hydrogen) atoms. The third-order valence-electron chi connectivity index (χ3n) is 4.56. The molecule has 4 nitrogen and oxygen atoms in total. The maximum Gasteiger partial charge on any atom is 0.226 e. The van der Waals surface area contributed by atoms with Gasteiger partial charge in [0.1, 0.15) is 0 Å². The Hall–Kier alpha value is -2.05. The molecule has 1 aliphatic carbocycles. The summed E-state index contributed by atoms with van der Waals surface area (Å²) >= 11 is 0. The predicted octanol–water partition coefficient (Wildman–Crippen LogP) is 4.00. The van der Waals surface area contributed by atoms with Crippen molar-refractivity contribution in [3.8, 4) is 0 Å². The van der Waals surface area contributed by atoms with E-state index >= 15 is 0 Å². The molecule has 2 rings (SSSR count). The van der Waals surface area contributed by atoms with Gasteiger partial charge in [0, 0.05) is 25.9 Å². The van der Waals surface area contributed by atoms with E-state index in [1.54, 1.807) is 4.90 Å². The van der Waals surface area contributed by atoms with Gasteiger partial charge in [0.05, 0.1) is 5.69 Å². The monoisotopic (exact) mass is 356 g/mol. The van der Waals surface area contributed by atoms with Crippen LogP contribution in [-0.4, -0.2) is 29.3 Å². The number of nitrogens with zero attached hydrogens (tertiary/aromatic N) is 1. The number of halogens is 3. The second-order valence-corrected chi connectivity index (χ2v) is 6.38. The Labute approximate surface area is 145 Å². The van der Waals surface area contributed by atoms with Gasteiger partial charge in [-0.3, -0.25) is 9.59 Å². The zero-order valence-corrected chi connectivity index (χ0v) is 14.3. The molecule has 1 saturated carbocycles. The third kappa shape index (κ3) is 5.21. The van der Waals surface area contributed by atoms with Crippen LogP contribution in [0.15, 0.2) is 12.1 Å². The molecule has 0 aliphatic heterocycles. The summed E-state index contributed by atoms with van der Waals surface area (Å²) in [6.07, 6.45) is 6.21. The minimum atomic E-state index is -1.62. The molecule has 1 aliphatic rings. The van der Waals surface area contributed by atoms with Crippen molar-refractivity contribution < 1.29 is 22.8 Å². The van der Waals surface area contributed by atoms with Crippen molar-refractivity contribution in [1.82, 2.24) is 4.90 Å². The number of carbonyl (C=O) groups is 2. The molecule has 0 saturated heterocycles. The van der Waals surface area contributed by atoms with Crippen LogP contribution in [0.3, 0.4) is 0 Å². The number of hydrogen-bond donors (Lipinski definition) is 1. The van der Waals surface area contributed by atoms with E-state index in [0.717, 1.165) is 50.7 Å². The highest BCUT2D eigenvalue weighted by molar-refractivity contribution is 5.91. The number of benzene rings is 1. The molecule has 7 heteroatoms. The summed E-state index contributed by atoms with van der Waals surface area (Å²) < 4.78 is 39.7. The number of nitrogens with one attached hydrogen (secondary N) is 1. The number of rotatable bonds is 5. The minimum absolute atomic E-state index is 0.0332. The Morgan fingerprint density at radius 2 is 1.72 bits per heavy atom. The van der Waals surface area contributed by atoms with Crippen molar-refractivity contribution in [3.63, 3.8) is 0 Å². The van der Waals surface area contributed by atoms with Gasteiger partial charge in [-0.1, -0.05) is 25.7 Å². The Morgan fingerprint density at radius 3 is 2.32 bits per heavy atom. The van der Waals surface area contributed by atoms with Gasteiger partial charge in [0.15, 0.2) is 17.5 Å². The van der Waals surface area contributed by atoms with Crippen LogP contribution < -0.4 is 5.32 Å². The lowest BCUT2D eigenvalue weighted by atomic mass is 10.1. The van der Waals surface area contributed by atoms with Gasteiger partial charge in [-0.05, 0) is 25.0 Å². The molecule has 1 aromatic rings. The lowest BCUT2D eigenvalue weighted by Gasteiger charge is -2.30. The Bertz CT molecular complexity index is 629. The zero-order chi connectivity index (χ0) is 18.4. The van der Waals surface area contributed by atoms with Gasteiger partial charge in [0.2, 0.25) is 11.8 Å². The second-order valence-electron chi connectivity index (χ2n) is 6.38. The highest BCUT2D eigenvalue weighted by atomic mass is 19.2. The Kier molecular flexibility index (Phi) is 6.84. The first-order valence-corrected chi connectivity index (χ1v) is 8.60. The van der Waals surface area contributed by atoms with Crippen molar-refractivity contribution in [3.05, 3.63) is 29.6 Å².